The minimum absolute atomic E-state index is 0.156. The molecule has 0 spiro atoms. The Labute approximate surface area is 162 Å². The molecule has 2 heterocycles. The van der Waals surface area contributed by atoms with Crippen LogP contribution >= 0.6 is 34.8 Å². The van der Waals surface area contributed by atoms with E-state index in [1.165, 1.54) is 5.56 Å². The number of fused-ring (bicyclic) bond motifs is 2. The number of halogens is 3. The van der Waals surface area contributed by atoms with Gasteiger partial charge in [0.05, 0.1) is 0 Å². The maximum atomic E-state index is 10.9. The van der Waals surface area contributed by atoms with E-state index in [2.05, 4.69) is 6.08 Å². The first-order chi connectivity index (χ1) is 12.1. The van der Waals surface area contributed by atoms with Gasteiger partial charge in [-0.25, -0.2) is 0 Å². The fourth-order valence-corrected chi connectivity index (χ4v) is 2.28. The molecule has 0 aromatic heterocycles. The molecule has 0 N–H and O–H groups in total. The first kappa shape index (κ1) is 19.6. The van der Waals surface area contributed by atoms with Crippen molar-refractivity contribution in [3.05, 3.63) is 65.7 Å². The van der Waals surface area contributed by atoms with Crippen LogP contribution in [0.25, 0.3) is 6.08 Å². The third-order valence-corrected chi connectivity index (χ3v) is 3.30. The third kappa shape index (κ3) is 6.99. The molecular formula is C19H17Cl3O3. The van der Waals surface area contributed by atoms with Gasteiger partial charge in [0.2, 0.25) is 0 Å². The summed E-state index contributed by atoms with van der Waals surface area (Å²) < 4.78 is 9.77. The first-order valence-corrected chi connectivity index (χ1v) is 8.90. The van der Waals surface area contributed by atoms with Crippen molar-refractivity contribution in [3.8, 4) is 11.5 Å². The Morgan fingerprint density at radius 3 is 2.24 bits per heavy atom. The number of hydrogen-bond donors (Lipinski definition) is 0. The van der Waals surface area contributed by atoms with Gasteiger partial charge in [-0.05, 0) is 18.2 Å². The Kier molecular flexibility index (Phi) is 8.13. The summed E-state index contributed by atoms with van der Waals surface area (Å²) in [5.74, 6) is 2.00. The van der Waals surface area contributed by atoms with Crippen LogP contribution in [0.4, 0.5) is 0 Å². The van der Waals surface area contributed by atoms with Crippen molar-refractivity contribution in [2.75, 3.05) is 13.2 Å². The van der Waals surface area contributed by atoms with Gasteiger partial charge < -0.3 is 9.47 Å². The minimum Gasteiger partial charge on any atom is -0.489 e. The normalized spacial score (nSPS) is 13.8. The van der Waals surface area contributed by atoms with Gasteiger partial charge in [0.15, 0.2) is 10.1 Å². The Balaban J connectivity index is 0.000000150. The van der Waals surface area contributed by atoms with Crippen LogP contribution in [0.1, 0.15) is 11.1 Å². The van der Waals surface area contributed by atoms with E-state index >= 15 is 0 Å². The Hall–Kier alpha value is -1.68. The largest absolute Gasteiger partial charge is 0.489 e. The number of carbonyl (C=O) groups is 1. The van der Waals surface area contributed by atoms with E-state index in [1.54, 1.807) is 0 Å². The third-order valence-electron chi connectivity index (χ3n) is 3.30. The summed E-state index contributed by atoms with van der Waals surface area (Å²) in [4.78, 5) is 10.9. The summed E-state index contributed by atoms with van der Waals surface area (Å²) in [6.45, 7) is 0.939. The Bertz CT molecular complexity index is 727. The maximum Gasteiger partial charge on any atom is 0.180 e. The number of carbonyl (C=O) groups excluding carboxylic acids is 1. The van der Waals surface area contributed by atoms with Gasteiger partial charge in [-0.3, -0.25) is 4.79 Å². The molecule has 4 rings (SSSR count). The SMILES string of the molecule is C1=Cc2ccccc2OC1.ClC(Cl)Cl.O=C1COc2ccccc2C1. The van der Waals surface area contributed by atoms with Crippen LogP contribution in [0.5, 0.6) is 11.5 Å². The van der Waals surface area contributed by atoms with Crippen LogP contribution in [0.2, 0.25) is 0 Å². The standard InChI is InChI=1S/C9H8O2.C9H8O.CHCl3/c10-8-5-7-3-1-2-4-9(7)11-6-8;1-2-6-9-8(4-1)5-3-7-10-9;2-1(3)4/h1-4H,5-6H2;1-6H,7H2;1H. The quantitative estimate of drug-likeness (QED) is 0.566. The van der Waals surface area contributed by atoms with Crippen molar-refractivity contribution in [3.63, 3.8) is 0 Å². The molecule has 0 fully saturated rings. The van der Waals surface area contributed by atoms with Crippen LogP contribution in [-0.4, -0.2) is 23.3 Å². The highest BCUT2D eigenvalue weighted by molar-refractivity contribution is 6.63. The van der Waals surface area contributed by atoms with Crippen LogP contribution in [-0.2, 0) is 11.2 Å². The van der Waals surface area contributed by atoms with Gasteiger partial charge >= 0.3 is 0 Å². The van der Waals surface area contributed by atoms with Crippen molar-refractivity contribution < 1.29 is 14.3 Å². The fourth-order valence-electron chi connectivity index (χ4n) is 2.28. The highest BCUT2D eigenvalue weighted by Crippen LogP contribution is 2.22. The summed E-state index contributed by atoms with van der Waals surface area (Å²) in [7, 11) is 0. The van der Waals surface area contributed by atoms with E-state index in [9.17, 15) is 4.79 Å². The van der Waals surface area contributed by atoms with Gasteiger partial charge in [-0.15, -0.1) is 0 Å². The molecule has 2 aromatic carbocycles. The smallest absolute Gasteiger partial charge is 0.180 e. The first-order valence-electron chi connectivity index (χ1n) is 7.59. The van der Waals surface area contributed by atoms with Crippen LogP contribution in [0, 0.1) is 0 Å². The lowest BCUT2D eigenvalue weighted by Gasteiger charge is -2.14. The molecule has 0 amide bonds. The van der Waals surface area contributed by atoms with Gasteiger partial charge in [0.1, 0.15) is 24.7 Å². The number of benzene rings is 2. The predicted molar refractivity (Wildman–Crippen MR) is 103 cm³/mol. The molecule has 2 aliphatic heterocycles. The van der Waals surface area contributed by atoms with Crippen LogP contribution in [0.15, 0.2) is 54.6 Å². The predicted octanol–water partition coefficient (Wildman–Crippen LogP) is 5.27. The van der Waals surface area contributed by atoms with Gasteiger partial charge in [-0.1, -0.05) is 77.3 Å². The average Bonchev–Trinajstić information content (AvgIpc) is 2.62. The molecule has 6 heteroatoms. The molecule has 2 aliphatic rings. The zero-order chi connectivity index (χ0) is 18.1. The van der Waals surface area contributed by atoms with Crippen molar-refractivity contribution >= 4 is 46.7 Å². The van der Waals surface area contributed by atoms with E-state index < -0.39 is 4.30 Å². The highest BCUT2D eigenvalue weighted by atomic mass is 35.6. The van der Waals surface area contributed by atoms with Crippen molar-refractivity contribution in [1.29, 1.82) is 0 Å². The van der Waals surface area contributed by atoms with E-state index in [1.807, 2.05) is 54.6 Å². The molecule has 0 aliphatic carbocycles. The number of Topliss-reactive ketones (excluding diaryl/α,β-unsaturated/α-hetero) is 1. The molecule has 0 unspecified atom stereocenters. The number of ketones is 1. The van der Waals surface area contributed by atoms with Gasteiger partial charge in [0.25, 0.3) is 0 Å². The van der Waals surface area contributed by atoms with Gasteiger partial charge in [-0.2, -0.15) is 0 Å². The van der Waals surface area contributed by atoms with Crippen molar-refractivity contribution in [1.82, 2.24) is 0 Å². The molecule has 0 saturated heterocycles. The van der Waals surface area contributed by atoms with Crippen LogP contribution < -0.4 is 9.47 Å². The van der Waals surface area contributed by atoms with Crippen LogP contribution in [0.3, 0.4) is 0 Å². The van der Waals surface area contributed by atoms with E-state index in [4.69, 9.17) is 44.3 Å². The zero-order valence-corrected chi connectivity index (χ0v) is 15.6. The van der Waals surface area contributed by atoms with Crippen molar-refractivity contribution in [2.24, 2.45) is 0 Å². The van der Waals surface area contributed by atoms with Crippen molar-refractivity contribution in [2.45, 2.75) is 10.7 Å². The second-order valence-corrected chi connectivity index (χ2v) is 7.09. The molecule has 25 heavy (non-hydrogen) atoms. The number of ether oxygens (including phenoxy) is 2. The summed E-state index contributed by atoms with van der Waals surface area (Å²) in [5.41, 5.74) is 2.18. The topological polar surface area (TPSA) is 35.5 Å². The lowest BCUT2D eigenvalue weighted by atomic mass is 10.1. The van der Waals surface area contributed by atoms with E-state index in [0.717, 1.165) is 17.1 Å². The number of rotatable bonds is 0. The maximum absolute atomic E-state index is 10.9. The number of para-hydroxylation sites is 2. The minimum atomic E-state index is -0.750. The summed E-state index contributed by atoms with van der Waals surface area (Å²) >= 11 is 14.4. The summed E-state index contributed by atoms with van der Waals surface area (Å²) in [5, 5.41) is 0. The zero-order valence-electron chi connectivity index (χ0n) is 13.3. The number of alkyl halides is 3. The highest BCUT2D eigenvalue weighted by Gasteiger charge is 2.14. The molecule has 3 nitrogen and oxygen atoms in total. The van der Waals surface area contributed by atoms with Gasteiger partial charge in [0, 0.05) is 17.5 Å². The average molecular weight is 400 g/mol. The molecular weight excluding hydrogens is 383 g/mol. The number of hydrogen-bond acceptors (Lipinski definition) is 3. The second-order valence-electron chi connectivity index (χ2n) is 5.11. The summed E-state index contributed by atoms with van der Waals surface area (Å²) in [6, 6.07) is 15.7. The molecule has 0 radical (unpaired) electrons. The molecule has 0 saturated carbocycles. The Morgan fingerprint density at radius 1 is 0.880 bits per heavy atom. The lowest BCUT2D eigenvalue weighted by Crippen LogP contribution is -2.19. The molecule has 0 atom stereocenters. The Morgan fingerprint density at radius 2 is 1.52 bits per heavy atom. The fraction of sp³-hybridized carbons (Fsp3) is 0.211. The summed E-state index contributed by atoms with van der Waals surface area (Å²) in [6.07, 6.45) is 4.62. The molecule has 2 aromatic rings. The molecule has 132 valence electrons. The monoisotopic (exact) mass is 398 g/mol. The second kappa shape index (κ2) is 10.3. The molecule has 0 bridgehead atoms. The van der Waals surface area contributed by atoms with E-state index in [-0.39, 0.29) is 12.4 Å². The van der Waals surface area contributed by atoms with E-state index in [0.29, 0.717) is 13.0 Å². The lowest BCUT2D eigenvalue weighted by molar-refractivity contribution is -0.121.